The summed E-state index contributed by atoms with van der Waals surface area (Å²) in [4.78, 5) is 11.1. The molecule has 0 aromatic carbocycles. The van der Waals surface area contributed by atoms with Gasteiger partial charge in [0, 0.05) is 6.42 Å². The van der Waals surface area contributed by atoms with Crippen molar-refractivity contribution in [3.63, 3.8) is 0 Å². The van der Waals surface area contributed by atoms with E-state index in [0.717, 1.165) is 12.8 Å². The molecule has 0 rings (SSSR count). The molecule has 0 aromatic heterocycles. The van der Waals surface area contributed by atoms with Crippen LogP contribution < -0.4 is 5.32 Å². The van der Waals surface area contributed by atoms with Crippen molar-refractivity contribution in [2.24, 2.45) is 0 Å². The largest absolute Gasteiger partial charge is 0.311 e. The van der Waals surface area contributed by atoms with Gasteiger partial charge in [0.2, 0.25) is 0 Å². The quantitative estimate of drug-likeness (QED) is 0.629. The third-order valence-electron chi connectivity index (χ3n) is 1.64. The molecule has 1 unspecified atom stereocenters. The SMILES string of the molecule is CCCC(=O)C(CC)NC. The molecule has 0 amide bonds. The van der Waals surface area contributed by atoms with E-state index in [2.05, 4.69) is 5.32 Å². The second kappa shape index (κ2) is 5.42. The molecule has 0 aliphatic heterocycles. The first kappa shape index (κ1) is 9.63. The van der Waals surface area contributed by atoms with Crippen LogP contribution >= 0.6 is 0 Å². The van der Waals surface area contributed by atoms with Gasteiger partial charge in [-0.3, -0.25) is 4.79 Å². The van der Waals surface area contributed by atoms with Crippen LogP contribution in [0.2, 0.25) is 0 Å². The summed E-state index contributed by atoms with van der Waals surface area (Å²) in [6.45, 7) is 4.05. The average molecular weight is 143 g/mol. The molecule has 1 N–H and O–H groups in total. The van der Waals surface area contributed by atoms with Crippen LogP contribution in [0.1, 0.15) is 33.1 Å². The zero-order chi connectivity index (χ0) is 7.98. The van der Waals surface area contributed by atoms with E-state index in [-0.39, 0.29) is 6.04 Å². The predicted molar refractivity (Wildman–Crippen MR) is 43.1 cm³/mol. The molecule has 0 aromatic rings. The molecule has 10 heavy (non-hydrogen) atoms. The average Bonchev–Trinajstić information content (AvgIpc) is 1.91. The summed E-state index contributed by atoms with van der Waals surface area (Å²) in [5, 5.41) is 2.99. The number of hydrogen-bond acceptors (Lipinski definition) is 2. The fourth-order valence-electron chi connectivity index (χ4n) is 1.01. The molecule has 1 atom stereocenters. The van der Waals surface area contributed by atoms with Crippen molar-refractivity contribution in [2.75, 3.05) is 7.05 Å². The number of likely N-dealkylation sites (N-methyl/N-ethyl adjacent to an activating group) is 1. The Labute approximate surface area is 63.0 Å². The summed E-state index contributed by atoms with van der Waals surface area (Å²) in [7, 11) is 1.84. The highest BCUT2D eigenvalue weighted by molar-refractivity contribution is 5.83. The van der Waals surface area contributed by atoms with Crippen molar-refractivity contribution >= 4 is 5.78 Å². The number of hydrogen-bond donors (Lipinski definition) is 1. The lowest BCUT2D eigenvalue weighted by atomic mass is 10.1. The monoisotopic (exact) mass is 143 g/mol. The molecule has 0 aliphatic carbocycles. The first-order chi connectivity index (χ1) is 4.76. The minimum atomic E-state index is 0.0833. The van der Waals surface area contributed by atoms with E-state index in [4.69, 9.17) is 0 Å². The number of carbonyl (C=O) groups excluding carboxylic acids is 1. The Bertz CT molecular complexity index is 97.4. The third kappa shape index (κ3) is 2.97. The van der Waals surface area contributed by atoms with Crippen molar-refractivity contribution in [3.8, 4) is 0 Å². The fraction of sp³-hybridized carbons (Fsp3) is 0.875. The van der Waals surface area contributed by atoms with Crippen molar-refractivity contribution in [2.45, 2.75) is 39.2 Å². The van der Waals surface area contributed by atoms with Gasteiger partial charge in [0.1, 0.15) is 5.78 Å². The topological polar surface area (TPSA) is 29.1 Å². The van der Waals surface area contributed by atoms with Gasteiger partial charge in [-0.15, -0.1) is 0 Å². The second-order valence-electron chi connectivity index (χ2n) is 2.47. The van der Waals surface area contributed by atoms with Gasteiger partial charge < -0.3 is 5.32 Å². The van der Waals surface area contributed by atoms with Gasteiger partial charge in [-0.1, -0.05) is 13.8 Å². The maximum Gasteiger partial charge on any atom is 0.149 e. The Balaban J connectivity index is 3.65. The number of ketones is 1. The Morgan fingerprint density at radius 3 is 2.40 bits per heavy atom. The minimum Gasteiger partial charge on any atom is -0.311 e. The van der Waals surface area contributed by atoms with Gasteiger partial charge >= 0.3 is 0 Å². The second-order valence-corrected chi connectivity index (χ2v) is 2.47. The van der Waals surface area contributed by atoms with Crippen LogP contribution in [0.25, 0.3) is 0 Å². The summed E-state index contributed by atoms with van der Waals surface area (Å²) in [6, 6.07) is 0.0833. The molecule has 60 valence electrons. The van der Waals surface area contributed by atoms with Crippen molar-refractivity contribution in [1.82, 2.24) is 5.32 Å². The van der Waals surface area contributed by atoms with E-state index < -0.39 is 0 Å². The molecule has 0 saturated heterocycles. The van der Waals surface area contributed by atoms with Gasteiger partial charge in [-0.25, -0.2) is 0 Å². The predicted octanol–water partition coefficient (Wildman–Crippen LogP) is 1.35. The molecule has 0 radical (unpaired) electrons. The summed E-state index contributed by atoms with van der Waals surface area (Å²) in [5.41, 5.74) is 0. The van der Waals surface area contributed by atoms with E-state index in [1.807, 2.05) is 20.9 Å². The molecule has 2 heteroatoms. The summed E-state index contributed by atoms with van der Waals surface area (Å²) in [6.07, 6.45) is 2.56. The molecule has 0 spiro atoms. The molecule has 0 bridgehead atoms. The lowest BCUT2D eigenvalue weighted by Gasteiger charge is -2.10. The summed E-state index contributed by atoms with van der Waals surface area (Å²) < 4.78 is 0. The highest BCUT2D eigenvalue weighted by Gasteiger charge is 2.11. The Morgan fingerprint density at radius 1 is 1.50 bits per heavy atom. The number of Topliss-reactive ketones (excluding diaryl/α,β-unsaturated/α-hetero) is 1. The van der Waals surface area contributed by atoms with E-state index in [1.165, 1.54) is 0 Å². The first-order valence-electron chi connectivity index (χ1n) is 3.96. The van der Waals surface area contributed by atoms with Crippen LogP contribution in [0.5, 0.6) is 0 Å². The summed E-state index contributed by atoms with van der Waals surface area (Å²) >= 11 is 0. The molecule has 2 nitrogen and oxygen atoms in total. The highest BCUT2D eigenvalue weighted by Crippen LogP contribution is 1.98. The zero-order valence-corrected chi connectivity index (χ0v) is 7.11. The Kier molecular flexibility index (Phi) is 5.22. The van der Waals surface area contributed by atoms with Crippen LogP contribution in [-0.4, -0.2) is 18.9 Å². The number of carbonyl (C=O) groups is 1. The van der Waals surface area contributed by atoms with Crippen LogP contribution in [0, 0.1) is 0 Å². The molecular weight excluding hydrogens is 126 g/mol. The lowest BCUT2D eigenvalue weighted by Crippen LogP contribution is -2.32. The summed E-state index contributed by atoms with van der Waals surface area (Å²) in [5.74, 6) is 0.340. The van der Waals surface area contributed by atoms with Gasteiger partial charge in [0.05, 0.1) is 6.04 Å². The van der Waals surface area contributed by atoms with Gasteiger partial charge in [0.15, 0.2) is 0 Å². The van der Waals surface area contributed by atoms with Gasteiger partial charge in [-0.2, -0.15) is 0 Å². The molecule has 0 aliphatic rings. The number of nitrogens with one attached hydrogen (secondary N) is 1. The highest BCUT2D eigenvalue weighted by atomic mass is 16.1. The molecule has 0 saturated carbocycles. The standard InChI is InChI=1S/C8H17NO/c1-4-6-8(10)7(5-2)9-3/h7,9H,4-6H2,1-3H3. The Hall–Kier alpha value is -0.370. The zero-order valence-electron chi connectivity index (χ0n) is 7.11. The van der Waals surface area contributed by atoms with Crippen LogP contribution in [0.15, 0.2) is 0 Å². The van der Waals surface area contributed by atoms with Crippen molar-refractivity contribution < 1.29 is 4.79 Å². The van der Waals surface area contributed by atoms with Gasteiger partial charge in [0.25, 0.3) is 0 Å². The normalized spacial score (nSPS) is 13.1. The van der Waals surface area contributed by atoms with Crippen molar-refractivity contribution in [1.29, 1.82) is 0 Å². The maximum absolute atomic E-state index is 11.1. The number of rotatable bonds is 5. The van der Waals surface area contributed by atoms with Gasteiger partial charge in [-0.05, 0) is 19.9 Å². The first-order valence-corrected chi connectivity index (χ1v) is 3.96. The molecular formula is C8H17NO. The van der Waals surface area contributed by atoms with E-state index in [0.29, 0.717) is 12.2 Å². The minimum absolute atomic E-state index is 0.0833. The van der Waals surface area contributed by atoms with Crippen molar-refractivity contribution in [3.05, 3.63) is 0 Å². The van der Waals surface area contributed by atoms with Crippen LogP contribution in [0.3, 0.4) is 0 Å². The van der Waals surface area contributed by atoms with Crippen LogP contribution in [-0.2, 0) is 4.79 Å². The Morgan fingerprint density at radius 2 is 2.10 bits per heavy atom. The molecule has 0 heterocycles. The maximum atomic E-state index is 11.1. The van der Waals surface area contributed by atoms with E-state index in [9.17, 15) is 4.79 Å². The van der Waals surface area contributed by atoms with E-state index >= 15 is 0 Å². The van der Waals surface area contributed by atoms with Crippen LogP contribution in [0.4, 0.5) is 0 Å². The fourth-order valence-corrected chi connectivity index (χ4v) is 1.01. The molecule has 0 fully saturated rings. The smallest absolute Gasteiger partial charge is 0.149 e. The van der Waals surface area contributed by atoms with E-state index in [1.54, 1.807) is 0 Å². The lowest BCUT2D eigenvalue weighted by molar-refractivity contribution is -0.121. The third-order valence-corrected chi connectivity index (χ3v) is 1.64.